The zero-order valence-electron chi connectivity index (χ0n) is 12.3. The number of nitrogens with one attached hydrogen (secondary N) is 2. The van der Waals surface area contributed by atoms with Gasteiger partial charge in [0.25, 0.3) is 5.92 Å². The summed E-state index contributed by atoms with van der Waals surface area (Å²) in [5, 5.41) is 5.93. The monoisotopic (exact) mass is 292 g/mol. The Morgan fingerprint density at radius 1 is 1.33 bits per heavy atom. The van der Waals surface area contributed by atoms with Crippen molar-refractivity contribution in [1.82, 2.24) is 10.6 Å². The maximum Gasteiger partial charge on any atom is 0.275 e. The van der Waals surface area contributed by atoms with Crippen LogP contribution >= 0.6 is 0 Å². The lowest BCUT2D eigenvalue weighted by Crippen LogP contribution is -2.56. The summed E-state index contributed by atoms with van der Waals surface area (Å²) < 4.78 is 27.6. The molecule has 114 valence electrons. The number of halogens is 2. The molecular weight excluding hydrogens is 270 g/mol. The molecule has 1 aromatic rings. The molecule has 0 spiro atoms. The van der Waals surface area contributed by atoms with E-state index in [4.69, 9.17) is 0 Å². The van der Waals surface area contributed by atoms with Crippen molar-refractivity contribution in [2.45, 2.75) is 37.8 Å². The van der Waals surface area contributed by atoms with Crippen LogP contribution in [-0.2, 0) is 0 Å². The minimum Gasteiger partial charge on any atom is -0.311 e. The second kappa shape index (κ2) is 5.85. The molecule has 0 amide bonds. The first-order chi connectivity index (χ1) is 10.1. The lowest BCUT2D eigenvalue weighted by atomic mass is 10.0. The summed E-state index contributed by atoms with van der Waals surface area (Å²) in [4.78, 5) is 0. The highest BCUT2D eigenvalue weighted by molar-refractivity contribution is 5.53. The summed E-state index contributed by atoms with van der Waals surface area (Å²) in [6.07, 6.45) is 3.62. The van der Waals surface area contributed by atoms with Crippen molar-refractivity contribution in [2.75, 3.05) is 13.1 Å². The first-order valence-corrected chi connectivity index (χ1v) is 7.64. The molecule has 3 unspecified atom stereocenters. The Labute approximate surface area is 124 Å². The third kappa shape index (κ3) is 3.50. The molecule has 3 atom stereocenters. The van der Waals surface area contributed by atoms with E-state index in [9.17, 15) is 8.78 Å². The molecule has 1 aromatic carbocycles. The average Bonchev–Trinajstić information content (AvgIpc) is 3.22. The maximum atomic E-state index is 13.8. The lowest BCUT2D eigenvalue weighted by Gasteiger charge is -2.32. The quantitative estimate of drug-likeness (QED) is 0.891. The van der Waals surface area contributed by atoms with Crippen molar-refractivity contribution >= 4 is 6.08 Å². The molecule has 3 rings (SSSR count). The molecule has 2 N–H and O–H groups in total. The summed E-state index contributed by atoms with van der Waals surface area (Å²) in [5.41, 5.74) is 2.45. The molecule has 1 aliphatic carbocycles. The SMILES string of the molecule is CC(=Cc1ccccc1)C1CC1NC1CCNCC1(F)F. The standard InChI is InChI=1S/C17H22F2N2/c1-12(9-13-5-3-2-4-6-13)14-10-15(14)21-16-7-8-20-11-17(16,18)19/h2-6,9,14-16,20-21H,7-8,10-11H2,1H3. The Bertz CT molecular complexity index is 513. The van der Waals surface area contributed by atoms with Crippen LogP contribution in [0.15, 0.2) is 35.9 Å². The summed E-state index contributed by atoms with van der Waals surface area (Å²) in [6, 6.07) is 9.67. The molecule has 2 aliphatic rings. The topological polar surface area (TPSA) is 24.1 Å². The third-order valence-electron chi connectivity index (χ3n) is 4.46. The molecule has 2 nitrogen and oxygen atoms in total. The number of rotatable bonds is 4. The van der Waals surface area contributed by atoms with Gasteiger partial charge in [-0.05, 0) is 37.8 Å². The van der Waals surface area contributed by atoms with Gasteiger partial charge in [0.2, 0.25) is 0 Å². The van der Waals surface area contributed by atoms with E-state index in [2.05, 4.69) is 35.8 Å². The van der Waals surface area contributed by atoms with E-state index in [0.29, 0.717) is 18.9 Å². The first-order valence-electron chi connectivity index (χ1n) is 7.64. The van der Waals surface area contributed by atoms with Crippen LogP contribution in [0.3, 0.4) is 0 Å². The van der Waals surface area contributed by atoms with E-state index in [-0.39, 0.29) is 12.6 Å². The van der Waals surface area contributed by atoms with Crippen LogP contribution in [0, 0.1) is 5.92 Å². The van der Waals surface area contributed by atoms with Crippen LogP contribution in [-0.4, -0.2) is 31.1 Å². The summed E-state index contributed by atoms with van der Waals surface area (Å²) in [6.45, 7) is 2.56. The highest BCUT2D eigenvalue weighted by Gasteiger charge is 2.47. The zero-order valence-corrected chi connectivity index (χ0v) is 12.3. The van der Waals surface area contributed by atoms with E-state index >= 15 is 0 Å². The average molecular weight is 292 g/mol. The normalized spacial score (nSPS) is 32.0. The summed E-state index contributed by atoms with van der Waals surface area (Å²) in [5.74, 6) is -2.24. The molecule has 0 bridgehead atoms. The van der Waals surface area contributed by atoms with Gasteiger partial charge in [-0.1, -0.05) is 42.0 Å². The predicted molar refractivity (Wildman–Crippen MR) is 81.3 cm³/mol. The van der Waals surface area contributed by atoms with Gasteiger partial charge in [0.05, 0.1) is 12.6 Å². The number of hydrogen-bond acceptors (Lipinski definition) is 2. The second-order valence-corrected chi connectivity index (χ2v) is 6.19. The molecule has 1 saturated carbocycles. The van der Waals surface area contributed by atoms with Crippen molar-refractivity contribution in [3.8, 4) is 0 Å². The Hall–Kier alpha value is -1.26. The van der Waals surface area contributed by atoms with Crippen molar-refractivity contribution in [1.29, 1.82) is 0 Å². The van der Waals surface area contributed by atoms with Crippen LogP contribution in [0.4, 0.5) is 8.78 Å². The largest absolute Gasteiger partial charge is 0.311 e. The highest BCUT2D eigenvalue weighted by Crippen LogP contribution is 2.39. The Morgan fingerprint density at radius 3 is 2.81 bits per heavy atom. The summed E-state index contributed by atoms with van der Waals surface area (Å²) in [7, 11) is 0. The van der Waals surface area contributed by atoms with Crippen LogP contribution in [0.5, 0.6) is 0 Å². The minimum atomic E-state index is -2.64. The van der Waals surface area contributed by atoms with Gasteiger partial charge < -0.3 is 10.6 Å². The Balaban J connectivity index is 1.58. The highest BCUT2D eigenvalue weighted by atomic mass is 19.3. The minimum absolute atomic E-state index is 0.207. The van der Waals surface area contributed by atoms with Gasteiger partial charge in [0.1, 0.15) is 0 Å². The fraction of sp³-hybridized carbons (Fsp3) is 0.529. The number of benzene rings is 1. The fourth-order valence-corrected chi connectivity index (χ4v) is 3.10. The number of alkyl halides is 2. The summed E-state index contributed by atoms with van der Waals surface area (Å²) >= 11 is 0. The lowest BCUT2D eigenvalue weighted by molar-refractivity contribution is -0.0520. The molecule has 0 radical (unpaired) electrons. The fourth-order valence-electron chi connectivity index (χ4n) is 3.10. The van der Waals surface area contributed by atoms with Crippen LogP contribution in [0.25, 0.3) is 6.08 Å². The van der Waals surface area contributed by atoms with Gasteiger partial charge >= 0.3 is 0 Å². The van der Waals surface area contributed by atoms with Crippen molar-refractivity contribution in [3.05, 3.63) is 41.5 Å². The molecule has 21 heavy (non-hydrogen) atoms. The van der Waals surface area contributed by atoms with Crippen molar-refractivity contribution in [2.24, 2.45) is 5.92 Å². The molecule has 2 fully saturated rings. The molecule has 1 saturated heterocycles. The van der Waals surface area contributed by atoms with E-state index in [0.717, 1.165) is 6.42 Å². The van der Waals surface area contributed by atoms with Crippen molar-refractivity contribution < 1.29 is 8.78 Å². The molecule has 0 aromatic heterocycles. The predicted octanol–water partition coefficient (Wildman–Crippen LogP) is 3.07. The van der Waals surface area contributed by atoms with Gasteiger partial charge in [0.15, 0.2) is 0 Å². The van der Waals surface area contributed by atoms with Crippen molar-refractivity contribution in [3.63, 3.8) is 0 Å². The number of piperidine rings is 1. The Kier molecular flexibility index (Phi) is 4.09. The van der Waals surface area contributed by atoms with E-state index in [1.807, 2.05) is 18.2 Å². The van der Waals surface area contributed by atoms with Gasteiger partial charge in [-0.3, -0.25) is 0 Å². The third-order valence-corrected chi connectivity index (χ3v) is 4.46. The van der Waals surface area contributed by atoms with Gasteiger partial charge in [0, 0.05) is 6.04 Å². The van der Waals surface area contributed by atoms with Crippen LogP contribution < -0.4 is 10.6 Å². The van der Waals surface area contributed by atoms with Crippen LogP contribution in [0.2, 0.25) is 0 Å². The van der Waals surface area contributed by atoms with Crippen LogP contribution in [0.1, 0.15) is 25.3 Å². The molecule has 1 heterocycles. The molecule has 1 aliphatic heterocycles. The van der Waals surface area contributed by atoms with Gasteiger partial charge in [-0.2, -0.15) is 0 Å². The Morgan fingerprint density at radius 2 is 2.10 bits per heavy atom. The van der Waals surface area contributed by atoms with Gasteiger partial charge in [-0.15, -0.1) is 0 Å². The smallest absolute Gasteiger partial charge is 0.275 e. The second-order valence-electron chi connectivity index (χ2n) is 6.19. The zero-order chi connectivity index (χ0) is 14.9. The van der Waals surface area contributed by atoms with E-state index in [1.54, 1.807) is 0 Å². The van der Waals surface area contributed by atoms with Gasteiger partial charge in [-0.25, -0.2) is 8.78 Å². The van der Waals surface area contributed by atoms with E-state index in [1.165, 1.54) is 11.1 Å². The molecular formula is C17H22F2N2. The first kappa shape index (κ1) is 14.7. The molecule has 4 heteroatoms. The number of hydrogen-bond donors (Lipinski definition) is 2. The van der Waals surface area contributed by atoms with E-state index < -0.39 is 12.0 Å². The maximum absolute atomic E-state index is 13.8.